The summed E-state index contributed by atoms with van der Waals surface area (Å²) in [5.74, 6) is 0.570. The van der Waals surface area contributed by atoms with Crippen LogP contribution in [0.5, 0.6) is 0 Å². The number of aliphatic hydroxyl groups excluding tert-OH is 1. The summed E-state index contributed by atoms with van der Waals surface area (Å²) >= 11 is 0. The van der Waals surface area contributed by atoms with Crippen LogP contribution in [0.4, 0.5) is 10.5 Å². The SMILES string of the molecule is CCc1noc(C)c1NC(=O)NCC(c1ccccc1)C(C)(C)CO. The number of amides is 2. The molecule has 0 fully saturated rings. The third kappa shape index (κ3) is 4.60. The Morgan fingerprint density at radius 3 is 2.60 bits per heavy atom. The molecule has 1 heterocycles. The van der Waals surface area contributed by atoms with E-state index in [1.165, 1.54) is 0 Å². The number of hydrogen-bond acceptors (Lipinski definition) is 4. The molecule has 0 aliphatic heterocycles. The zero-order chi connectivity index (χ0) is 18.4. The number of carbonyl (C=O) groups is 1. The third-order valence-corrected chi connectivity index (χ3v) is 4.53. The Bertz CT molecular complexity index is 695. The van der Waals surface area contributed by atoms with Crippen LogP contribution >= 0.6 is 0 Å². The lowest BCUT2D eigenvalue weighted by Crippen LogP contribution is -2.38. The first-order chi connectivity index (χ1) is 11.9. The number of anilines is 1. The van der Waals surface area contributed by atoms with Gasteiger partial charge >= 0.3 is 6.03 Å². The van der Waals surface area contributed by atoms with Crippen LogP contribution in [0.15, 0.2) is 34.9 Å². The predicted octanol–water partition coefficient (Wildman–Crippen LogP) is 3.47. The van der Waals surface area contributed by atoms with Gasteiger partial charge in [0.1, 0.15) is 11.4 Å². The molecule has 1 unspecified atom stereocenters. The first kappa shape index (κ1) is 19.0. The molecule has 1 atom stereocenters. The smallest absolute Gasteiger partial charge is 0.319 e. The van der Waals surface area contributed by atoms with Crippen molar-refractivity contribution in [2.45, 2.75) is 40.0 Å². The van der Waals surface area contributed by atoms with Gasteiger partial charge in [0.25, 0.3) is 0 Å². The summed E-state index contributed by atoms with van der Waals surface area (Å²) in [5, 5.41) is 19.4. The summed E-state index contributed by atoms with van der Waals surface area (Å²) in [5.41, 5.74) is 2.06. The van der Waals surface area contributed by atoms with Crippen molar-refractivity contribution < 1.29 is 14.4 Å². The summed E-state index contributed by atoms with van der Waals surface area (Å²) in [4.78, 5) is 12.3. The lowest BCUT2D eigenvalue weighted by molar-refractivity contribution is 0.130. The maximum Gasteiger partial charge on any atom is 0.319 e. The van der Waals surface area contributed by atoms with Gasteiger partial charge in [0, 0.05) is 19.1 Å². The van der Waals surface area contributed by atoms with E-state index in [0.717, 1.165) is 11.3 Å². The minimum absolute atomic E-state index is 0.0151. The molecule has 3 N–H and O–H groups in total. The molecular weight excluding hydrogens is 318 g/mol. The number of benzene rings is 1. The molecule has 0 bridgehead atoms. The van der Waals surface area contributed by atoms with E-state index in [1.54, 1.807) is 6.92 Å². The van der Waals surface area contributed by atoms with Crippen LogP contribution < -0.4 is 10.6 Å². The number of carbonyl (C=O) groups excluding carboxylic acids is 1. The number of aromatic nitrogens is 1. The Kier molecular flexibility index (Phi) is 6.20. The second-order valence-electron chi connectivity index (χ2n) is 6.86. The van der Waals surface area contributed by atoms with Gasteiger partial charge in [-0.2, -0.15) is 0 Å². The van der Waals surface area contributed by atoms with Crippen LogP contribution in [0, 0.1) is 12.3 Å². The monoisotopic (exact) mass is 345 g/mol. The number of urea groups is 1. The van der Waals surface area contributed by atoms with Crippen molar-refractivity contribution in [2.75, 3.05) is 18.5 Å². The zero-order valence-electron chi connectivity index (χ0n) is 15.3. The first-order valence-electron chi connectivity index (χ1n) is 8.54. The molecule has 6 heteroatoms. The van der Waals surface area contributed by atoms with E-state index in [1.807, 2.05) is 51.1 Å². The molecule has 136 valence electrons. The Morgan fingerprint density at radius 2 is 2.00 bits per heavy atom. The fourth-order valence-corrected chi connectivity index (χ4v) is 2.81. The fraction of sp³-hybridized carbons (Fsp3) is 0.474. The lowest BCUT2D eigenvalue weighted by Gasteiger charge is -2.33. The minimum atomic E-state index is -0.365. The van der Waals surface area contributed by atoms with E-state index < -0.39 is 0 Å². The van der Waals surface area contributed by atoms with Gasteiger partial charge in [-0.25, -0.2) is 4.79 Å². The van der Waals surface area contributed by atoms with Gasteiger partial charge in [-0.3, -0.25) is 0 Å². The van der Waals surface area contributed by atoms with Crippen molar-refractivity contribution >= 4 is 11.7 Å². The second kappa shape index (κ2) is 8.16. The molecule has 1 aromatic carbocycles. The quantitative estimate of drug-likeness (QED) is 0.717. The molecule has 0 radical (unpaired) electrons. The average molecular weight is 345 g/mol. The summed E-state index contributed by atoms with van der Waals surface area (Å²) < 4.78 is 5.13. The predicted molar refractivity (Wildman–Crippen MR) is 97.7 cm³/mol. The number of rotatable bonds is 7. The Labute approximate surface area is 148 Å². The molecule has 0 saturated carbocycles. The second-order valence-corrected chi connectivity index (χ2v) is 6.86. The fourth-order valence-electron chi connectivity index (χ4n) is 2.81. The summed E-state index contributed by atoms with van der Waals surface area (Å²) in [6, 6.07) is 9.60. The molecule has 0 aliphatic rings. The number of aryl methyl sites for hydroxylation is 2. The molecule has 0 spiro atoms. The zero-order valence-corrected chi connectivity index (χ0v) is 15.3. The Morgan fingerprint density at radius 1 is 1.32 bits per heavy atom. The standard InChI is InChI=1S/C19H27N3O3/c1-5-16-17(13(2)25-22-16)21-18(24)20-11-15(19(3,4)12-23)14-9-7-6-8-10-14/h6-10,15,23H,5,11-12H2,1-4H3,(H2,20,21,24). The van der Waals surface area contributed by atoms with Crippen LogP contribution in [0.3, 0.4) is 0 Å². The molecule has 0 aliphatic carbocycles. The molecule has 0 saturated heterocycles. The molecule has 1 aromatic heterocycles. The molecule has 2 amide bonds. The summed E-state index contributed by atoms with van der Waals surface area (Å²) in [6.45, 7) is 8.14. The van der Waals surface area contributed by atoms with Gasteiger partial charge in [-0.15, -0.1) is 0 Å². The van der Waals surface area contributed by atoms with E-state index in [-0.39, 0.29) is 24.0 Å². The normalized spacial score (nSPS) is 12.7. The minimum Gasteiger partial charge on any atom is -0.396 e. The van der Waals surface area contributed by atoms with Crippen LogP contribution in [-0.4, -0.2) is 29.4 Å². The van der Waals surface area contributed by atoms with Crippen LogP contribution in [-0.2, 0) is 6.42 Å². The van der Waals surface area contributed by atoms with Gasteiger partial charge in [-0.05, 0) is 24.3 Å². The maximum atomic E-state index is 12.3. The highest BCUT2D eigenvalue weighted by atomic mass is 16.5. The van der Waals surface area contributed by atoms with Gasteiger partial charge in [0.15, 0.2) is 5.76 Å². The highest BCUT2D eigenvalue weighted by molar-refractivity contribution is 5.90. The van der Waals surface area contributed by atoms with Crippen molar-refractivity contribution in [3.63, 3.8) is 0 Å². The van der Waals surface area contributed by atoms with Crippen molar-refractivity contribution in [1.29, 1.82) is 0 Å². The Hall–Kier alpha value is -2.34. The molecular formula is C19H27N3O3. The van der Waals surface area contributed by atoms with E-state index in [9.17, 15) is 9.90 Å². The van der Waals surface area contributed by atoms with Crippen molar-refractivity contribution in [2.24, 2.45) is 5.41 Å². The summed E-state index contributed by atoms with van der Waals surface area (Å²) in [7, 11) is 0. The number of hydrogen-bond donors (Lipinski definition) is 3. The Balaban J connectivity index is 2.07. The van der Waals surface area contributed by atoms with Crippen molar-refractivity contribution in [1.82, 2.24) is 10.5 Å². The van der Waals surface area contributed by atoms with Crippen molar-refractivity contribution in [3.05, 3.63) is 47.3 Å². The van der Waals surface area contributed by atoms with E-state index >= 15 is 0 Å². The van der Waals surface area contributed by atoms with Crippen LogP contribution in [0.25, 0.3) is 0 Å². The summed E-state index contributed by atoms with van der Waals surface area (Å²) in [6.07, 6.45) is 0.678. The van der Waals surface area contributed by atoms with Crippen molar-refractivity contribution in [3.8, 4) is 0 Å². The van der Waals surface area contributed by atoms with Gasteiger partial charge in [0.05, 0.1) is 0 Å². The molecule has 2 rings (SSSR count). The lowest BCUT2D eigenvalue weighted by atomic mass is 9.75. The first-order valence-corrected chi connectivity index (χ1v) is 8.54. The maximum absolute atomic E-state index is 12.3. The largest absolute Gasteiger partial charge is 0.396 e. The number of aliphatic hydroxyl groups is 1. The van der Waals surface area contributed by atoms with E-state index in [2.05, 4.69) is 15.8 Å². The molecule has 2 aromatic rings. The highest BCUT2D eigenvalue weighted by Gasteiger charge is 2.30. The van der Waals surface area contributed by atoms with E-state index in [4.69, 9.17) is 4.52 Å². The molecule has 6 nitrogen and oxygen atoms in total. The van der Waals surface area contributed by atoms with Crippen LogP contribution in [0.1, 0.15) is 43.7 Å². The molecule has 25 heavy (non-hydrogen) atoms. The number of nitrogens with one attached hydrogen (secondary N) is 2. The van der Waals surface area contributed by atoms with E-state index in [0.29, 0.717) is 24.4 Å². The van der Waals surface area contributed by atoms with Gasteiger partial charge < -0.3 is 20.3 Å². The third-order valence-electron chi connectivity index (χ3n) is 4.53. The number of nitrogens with zero attached hydrogens (tertiary/aromatic N) is 1. The highest BCUT2D eigenvalue weighted by Crippen LogP contribution is 2.34. The average Bonchev–Trinajstić information content (AvgIpc) is 2.95. The van der Waals surface area contributed by atoms with Gasteiger partial charge in [-0.1, -0.05) is 56.3 Å². The van der Waals surface area contributed by atoms with Crippen LogP contribution in [0.2, 0.25) is 0 Å². The van der Waals surface area contributed by atoms with Gasteiger partial charge in [0.2, 0.25) is 0 Å². The topological polar surface area (TPSA) is 87.4 Å².